The first-order valence-electron chi connectivity index (χ1n) is 13.0. The molecule has 0 radical (unpaired) electrons. The van der Waals surface area contributed by atoms with Gasteiger partial charge in [-0.3, -0.25) is 0 Å². The molecule has 0 amide bonds. The molecule has 1 N–H and O–H groups in total. The van der Waals surface area contributed by atoms with Crippen LogP contribution in [0, 0.1) is 46.3 Å². The lowest BCUT2D eigenvalue weighted by Crippen LogP contribution is -2.52. The molecule has 11 atom stereocenters. The first kappa shape index (κ1) is 20.2. The van der Waals surface area contributed by atoms with E-state index in [4.69, 9.17) is 9.47 Å². The maximum absolute atomic E-state index is 10.3. The van der Waals surface area contributed by atoms with Crippen LogP contribution >= 0.6 is 0 Å². The first-order valence-corrected chi connectivity index (χ1v) is 13.0. The third kappa shape index (κ3) is 2.55. The maximum Gasteiger partial charge on any atom is 0.171 e. The average molecular weight is 415 g/mol. The highest BCUT2D eigenvalue weighted by Crippen LogP contribution is 2.70. The standard InChI is InChI=1S/C27H42O3/c1-16-7-12-27(29-15-16)17(2)24-23(30-27)14-22-20-6-5-18-13-19(28)8-10-25(18,3)21(20)9-11-26(22,24)4/h5,16-17,19-24,28H,6-15H2,1-4H3/t16-,17+,19+,20-,21+,22+,23+,24?,25+,26+,27-/m1/s1. The molecule has 3 saturated carbocycles. The Hall–Kier alpha value is -0.380. The Morgan fingerprint density at radius 2 is 1.87 bits per heavy atom. The summed E-state index contributed by atoms with van der Waals surface area (Å²) in [6, 6.07) is 0. The van der Waals surface area contributed by atoms with Crippen LogP contribution in [0.3, 0.4) is 0 Å². The quantitative estimate of drug-likeness (QED) is 0.516. The Morgan fingerprint density at radius 1 is 1.03 bits per heavy atom. The lowest BCUT2D eigenvalue weighted by molar-refractivity contribution is -0.272. The molecule has 0 aromatic carbocycles. The highest BCUT2D eigenvalue weighted by molar-refractivity contribution is 5.26. The van der Waals surface area contributed by atoms with E-state index < -0.39 is 0 Å². The maximum atomic E-state index is 10.3. The van der Waals surface area contributed by atoms with Gasteiger partial charge in [-0.15, -0.1) is 0 Å². The normalized spacial score (nSPS) is 59.8. The molecule has 30 heavy (non-hydrogen) atoms. The van der Waals surface area contributed by atoms with Gasteiger partial charge in [0.1, 0.15) is 0 Å². The van der Waals surface area contributed by atoms with Gasteiger partial charge < -0.3 is 14.6 Å². The summed E-state index contributed by atoms with van der Waals surface area (Å²) in [5, 5.41) is 10.3. The third-order valence-corrected chi connectivity index (χ3v) is 11.3. The molecule has 3 nitrogen and oxygen atoms in total. The molecule has 1 unspecified atom stereocenters. The Kier molecular flexibility index (Phi) is 4.44. The van der Waals surface area contributed by atoms with Crippen molar-refractivity contribution in [3.8, 4) is 0 Å². The molecule has 0 aromatic rings. The SMILES string of the molecule is C[C@@H]1CC[C@@]2(OC1)O[C@H]1C[C@H]3[C@@H]4CC=C5C[C@@H](O)CC[C@]5(C)[C@H]4CC[C@]3(C)C1[C@@H]2C. The predicted octanol–water partition coefficient (Wildman–Crippen LogP) is 5.71. The lowest BCUT2D eigenvalue weighted by Gasteiger charge is -2.58. The van der Waals surface area contributed by atoms with Crippen molar-refractivity contribution >= 4 is 0 Å². The smallest absolute Gasteiger partial charge is 0.171 e. The number of hydrogen-bond acceptors (Lipinski definition) is 3. The van der Waals surface area contributed by atoms with Crippen LogP contribution in [0.5, 0.6) is 0 Å². The van der Waals surface area contributed by atoms with Crippen LogP contribution in [-0.4, -0.2) is 29.7 Å². The van der Waals surface area contributed by atoms with Crippen molar-refractivity contribution in [2.45, 2.75) is 103 Å². The molecule has 1 spiro atoms. The zero-order valence-electron chi connectivity index (χ0n) is 19.5. The molecule has 2 saturated heterocycles. The Morgan fingerprint density at radius 3 is 2.63 bits per heavy atom. The molecule has 2 heterocycles. The highest BCUT2D eigenvalue weighted by Gasteiger charge is 2.68. The fraction of sp³-hybridized carbons (Fsp3) is 0.926. The summed E-state index contributed by atoms with van der Waals surface area (Å²) in [5.41, 5.74) is 2.31. The number of aliphatic hydroxyl groups excluding tert-OH is 1. The van der Waals surface area contributed by atoms with Crippen LogP contribution in [0.25, 0.3) is 0 Å². The second-order valence-corrected chi connectivity index (χ2v) is 12.7. The fourth-order valence-corrected chi connectivity index (χ4v) is 9.66. The second kappa shape index (κ2) is 6.58. The number of aliphatic hydroxyl groups is 1. The van der Waals surface area contributed by atoms with E-state index in [1.807, 2.05) is 0 Å². The van der Waals surface area contributed by atoms with E-state index in [2.05, 4.69) is 33.8 Å². The summed E-state index contributed by atoms with van der Waals surface area (Å²) in [7, 11) is 0. The summed E-state index contributed by atoms with van der Waals surface area (Å²) in [4.78, 5) is 0. The van der Waals surface area contributed by atoms with Crippen LogP contribution in [0.15, 0.2) is 11.6 Å². The van der Waals surface area contributed by atoms with E-state index in [9.17, 15) is 5.11 Å². The van der Waals surface area contributed by atoms with E-state index in [0.29, 0.717) is 34.7 Å². The van der Waals surface area contributed by atoms with Crippen molar-refractivity contribution in [2.24, 2.45) is 46.3 Å². The summed E-state index contributed by atoms with van der Waals surface area (Å²) in [5.74, 6) is 3.94. The van der Waals surface area contributed by atoms with Crippen molar-refractivity contribution < 1.29 is 14.6 Å². The van der Waals surface area contributed by atoms with Gasteiger partial charge in [0.05, 0.1) is 18.8 Å². The minimum atomic E-state index is -0.294. The largest absolute Gasteiger partial charge is 0.393 e. The van der Waals surface area contributed by atoms with Crippen LogP contribution < -0.4 is 0 Å². The molecule has 6 aliphatic rings. The first-order chi connectivity index (χ1) is 14.3. The van der Waals surface area contributed by atoms with Crippen LogP contribution in [0.2, 0.25) is 0 Å². The molecule has 168 valence electrons. The van der Waals surface area contributed by atoms with Gasteiger partial charge in [0.15, 0.2) is 5.79 Å². The van der Waals surface area contributed by atoms with Crippen LogP contribution in [-0.2, 0) is 9.47 Å². The highest BCUT2D eigenvalue weighted by atomic mass is 16.7. The Balaban J connectivity index is 1.28. The molecular formula is C27H42O3. The zero-order valence-corrected chi connectivity index (χ0v) is 19.5. The summed E-state index contributed by atoms with van der Waals surface area (Å²) >= 11 is 0. The molecule has 4 aliphatic carbocycles. The number of hydrogen-bond donors (Lipinski definition) is 1. The Labute approximate surface area is 183 Å². The second-order valence-electron chi connectivity index (χ2n) is 12.7. The van der Waals surface area contributed by atoms with Crippen LogP contribution in [0.4, 0.5) is 0 Å². The number of allylic oxidation sites excluding steroid dienone is 1. The van der Waals surface area contributed by atoms with Crippen molar-refractivity contribution in [2.75, 3.05) is 6.61 Å². The monoisotopic (exact) mass is 414 g/mol. The van der Waals surface area contributed by atoms with Gasteiger partial charge >= 0.3 is 0 Å². The topological polar surface area (TPSA) is 38.7 Å². The van der Waals surface area contributed by atoms with Gasteiger partial charge in [-0.1, -0.05) is 39.3 Å². The van der Waals surface area contributed by atoms with Crippen molar-refractivity contribution in [1.29, 1.82) is 0 Å². The van der Waals surface area contributed by atoms with Gasteiger partial charge in [0.25, 0.3) is 0 Å². The molecule has 0 aromatic heterocycles. The van der Waals surface area contributed by atoms with Crippen molar-refractivity contribution in [1.82, 2.24) is 0 Å². The van der Waals surface area contributed by atoms with Gasteiger partial charge in [-0.25, -0.2) is 0 Å². The molecule has 3 heteroatoms. The number of rotatable bonds is 0. The molecule has 6 rings (SSSR count). The summed E-state index contributed by atoms with van der Waals surface area (Å²) in [6.45, 7) is 10.8. The predicted molar refractivity (Wildman–Crippen MR) is 118 cm³/mol. The van der Waals surface area contributed by atoms with E-state index in [1.54, 1.807) is 5.57 Å². The van der Waals surface area contributed by atoms with E-state index in [-0.39, 0.29) is 11.9 Å². The third-order valence-electron chi connectivity index (χ3n) is 11.3. The number of ether oxygens (including phenoxy) is 2. The Bertz CT molecular complexity index is 736. The van der Waals surface area contributed by atoms with E-state index in [1.165, 1.54) is 38.5 Å². The van der Waals surface area contributed by atoms with Gasteiger partial charge in [0, 0.05) is 12.3 Å². The van der Waals surface area contributed by atoms with Crippen molar-refractivity contribution in [3.63, 3.8) is 0 Å². The van der Waals surface area contributed by atoms with Gasteiger partial charge in [0.2, 0.25) is 0 Å². The molecule has 0 bridgehead atoms. The lowest BCUT2D eigenvalue weighted by atomic mass is 9.47. The molecule has 2 aliphatic heterocycles. The molecular weight excluding hydrogens is 372 g/mol. The average Bonchev–Trinajstić information content (AvgIpc) is 3.16. The van der Waals surface area contributed by atoms with E-state index >= 15 is 0 Å². The zero-order chi connectivity index (χ0) is 20.9. The number of fused-ring (bicyclic) bond motifs is 7. The summed E-state index contributed by atoms with van der Waals surface area (Å²) < 4.78 is 13.3. The minimum absolute atomic E-state index is 0.107. The van der Waals surface area contributed by atoms with E-state index in [0.717, 1.165) is 43.6 Å². The van der Waals surface area contributed by atoms with Gasteiger partial charge in [-0.05, 0) is 91.8 Å². The fourth-order valence-electron chi connectivity index (χ4n) is 9.66. The molecule has 5 fully saturated rings. The van der Waals surface area contributed by atoms with Crippen molar-refractivity contribution in [3.05, 3.63) is 11.6 Å². The minimum Gasteiger partial charge on any atom is -0.393 e. The van der Waals surface area contributed by atoms with Crippen LogP contribution in [0.1, 0.15) is 85.5 Å². The van der Waals surface area contributed by atoms with Gasteiger partial charge in [-0.2, -0.15) is 0 Å². The summed E-state index contributed by atoms with van der Waals surface area (Å²) in [6.07, 6.45) is 13.5.